The number of hydrogen-bond acceptors (Lipinski definition) is 5. The van der Waals surface area contributed by atoms with Crippen molar-refractivity contribution in [1.29, 1.82) is 0 Å². The van der Waals surface area contributed by atoms with Gasteiger partial charge in [-0.15, -0.1) is 0 Å². The molecule has 1 heterocycles. The Labute approximate surface area is 120 Å². The summed E-state index contributed by atoms with van der Waals surface area (Å²) in [6.07, 6.45) is 7.36. The third-order valence-corrected chi connectivity index (χ3v) is 4.88. The van der Waals surface area contributed by atoms with Crippen molar-refractivity contribution in [3.05, 3.63) is 11.7 Å². The Morgan fingerprint density at radius 2 is 2.15 bits per heavy atom. The van der Waals surface area contributed by atoms with E-state index in [1.54, 1.807) is 0 Å². The summed E-state index contributed by atoms with van der Waals surface area (Å²) in [6.45, 7) is 4.97. The van der Waals surface area contributed by atoms with Gasteiger partial charge in [0.25, 0.3) is 0 Å². The summed E-state index contributed by atoms with van der Waals surface area (Å²) in [7, 11) is 0. The summed E-state index contributed by atoms with van der Waals surface area (Å²) < 4.78 is 11.5. The standard InChI is InChI=1S/C15H25N3O2/c1-3-19-15(9-4-6-11(2)10-15)12-17-13(20-18-12)14(16)7-5-8-14/h11H,3-10,16H2,1-2H3. The number of nitrogens with zero attached hydrogens (tertiary/aromatic N) is 2. The molecule has 1 aromatic heterocycles. The van der Waals surface area contributed by atoms with Crippen molar-refractivity contribution in [2.24, 2.45) is 11.7 Å². The number of rotatable bonds is 4. The minimum absolute atomic E-state index is 0.367. The van der Waals surface area contributed by atoms with Crippen molar-refractivity contribution in [2.45, 2.75) is 69.9 Å². The molecule has 0 aliphatic heterocycles. The van der Waals surface area contributed by atoms with Crippen LogP contribution in [0.5, 0.6) is 0 Å². The third-order valence-electron chi connectivity index (χ3n) is 4.88. The quantitative estimate of drug-likeness (QED) is 0.917. The molecule has 2 unspecified atom stereocenters. The van der Waals surface area contributed by atoms with E-state index in [-0.39, 0.29) is 11.1 Å². The van der Waals surface area contributed by atoms with Crippen molar-refractivity contribution < 1.29 is 9.26 Å². The Hall–Kier alpha value is -0.940. The molecule has 0 bridgehead atoms. The average Bonchev–Trinajstić information content (AvgIpc) is 2.87. The molecular formula is C15H25N3O2. The third kappa shape index (κ3) is 2.27. The van der Waals surface area contributed by atoms with Crippen molar-refractivity contribution >= 4 is 0 Å². The lowest BCUT2D eigenvalue weighted by Crippen LogP contribution is -2.44. The van der Waals surface area contributed by atoms with Gasteiger partial charge in [-0.2, -0.15) is 4.98 Å². The molecule has 5 heteroatoms. The van der Waals surface area contributed by atoms with Gasteiger partial charge < -0.3 is 15.0 Å². The second-order valence-corrected chi connectivity index (χ2v) is 6.56. The predicted octanol–water partition coefficient (Wildman–Crippen LogP) is 2.85. The van der Waals surface area contributed by atoms with Crippen LogP contribution in [-0.2, 0) is 15.9 Å². The first-order chi connectivity index (χ1) is 9.58. The molecule has 0 radical (unpaired) electrons. The van der Waals surface area contributed by atoms with Crippen LogP contribution < -0.4 is 5.73 Å². The van der Waals surface area contributed by atoms with Gasteiger partial charge in [-0.1, -0.05) is 18.5 Å². The van der Waals surface area contributed by atoms with Crippen molar-refractivity contribution in [3.8, 4) is 0 Å². The number of aromatic nitrogens is 2. The molecule has 0 saturated heterocycles. The molecule has 2 atom stereocenters. The molecule has 5 nitrogen and oxygen atoms in total. The smallest absolute Gasteiger partial charge is 0.246 e. The monoisotopic (exact) mass is 279 g/mol. The van der Waals surface area contributed by atoms with E-state index >= 15 is 0 Å². The molecule has 1 aromatic rings. The van der Waals surface area contributed by atoms with Gasteiger partial charge in [0.1, 0.15) is 5.60 Å². The molecule has 2 N–H and O–H groups in total. The molecule has 2 aliphatic rings. The first kappa shape index (κ1) is 14.0. The van der Waals surface area contributed by atoms with Crippen LogP contribution in [0.4, 0.5) is 0 Å². The van der Waals surface area contributed by atoms with Crippen LogP contribution in [0, 0.1) is 5.92 Å². The van der Waals surface area contributed by atoms with Crippen LogP contribution in [-0.4, -0.2) is 16.7 Å². The Kier molecular flexibility index (Phi) is 3.58. The zero-order chi connectivity index (χ0) is 14.2. The van der Waals surface area contributed by atoms with Crippen molar-refractivity contribution in [1.82, 2.24) is 10.1 Å². The minimum Gasteiger partial charge on any atom is -0.367 e. The molecule has 0 amide bonds. The van der Waals surface area contributed by atoms with E-state index in [9.17, 15) is 0 Å². The Balaban J connectivity index is 1.87. The van der Waals surface area contributed by atoms with E-state index in [1.165, 1.54) is 6.42 Å². The fourth-order valence-electron chi connectivity index (χ4n) is 3.56. The minimum atomic E-state index is -0.390. The summed E-state index contributed by atoms with van der Waals surface area (Å²) in [4.78, 5) is 4.63. The molecule has 112 valence electrons. The fourth-order valence-corrected chi connectivity index (χ4v) is 3.56. The van der Waals surface area contributed by atoms with E-state index in [1.807, 2.05) is 6.92 Å². The molecular weight excluding hydrogens is 254 g/mol. The lowest BCUT2D eigenvalue weighted by atomic mass is 9.77. The topological polar surface area (TPSA) is 74.2 Å². The van der Waals surface area contributed by atoms with Crippen LogP contribution in [0.2, 0.25) is 0 Å². The SMILES string of the molecule is CCOC1(c2noc(C3(N)CCC3)n2)CCCC(C)C1. The highest BCUT2D eigenvalue weighted by Gasteiger charge is 2.45. The summed E-state index contributed by atoms with van der Waals surface area (Å²) in [5.41, 5.74) is 5.52. The number of nitrogens with two attached hydrogens (primary N) is 1. The van der Waals surface area contributed by atoms with Crippen molar-refractivity contribution in [3.63, 3.8) is 0 Å². The van der Waals surface area contributed by atoms with Crippen LogP contribution in [0.25, 0.3) is 0 Å². The van der Waals surface area contributed by atoms with Gasteiger partial charge in [-0.25, -0.2) is 0 Å². The maximum absolute atomic E-state index is 6.27. The fraction of sp³-hybridized carbons (Fsp3) is 0.867. The predicted molar refractivity (Wildman–Crippen MR) is 75.0 cm³/mol. The summed E-state index contributed by atoms with van der Waals surface area (Å²) in [6, 6.07) is 0. The number of ether oxygens (including phenoxy) is 1. The zero-order valence-electron chi connectivity index (χ0n) is 12.5. The Morgan fingerprint density at radius 1 is 1.35 bits per heavy atom. The number of hydrogen-bond donors (Lipinski definition) is 1. The highest BCUT2D eigenvalue weighted by atomic mass is 16.5. The van der Waals surface area contributed by atoms with E-state index in [2.05, 4.69) is 17.1 Å². The van der Waals surface area contributed by atoms with Crippen LogP contribution in [0.1, 0.15) is 70.5 Å². The van der Waals surface area contributed by atoms with Crippen molar-refractivity contribution in [2.75, 3.05) is 6.61 Å². The van der Waals surface area contributed by atoms with Crippen LogP contribution >= 0.6 is 0 Å². The lowest BCUT2D eigenvalue weighted by molar-refractivity contribution is -0.0891. The average molecular weight is 279 g/mol. The van der Waals surface area contributed by atoms with E-state index in [0.717, 1.165) is 38.5 Å². The molecule has 3 rings (SSSR count). The van der Waals surface area contributed by atoms with Gasteiger partial charge in [0.2, 0.25) is 11.7 Å². The molecule has 20 heavy (non-hydrogen) atoms. The maximum atomic E-state index is 6.27. The zero-order valence-corrected chi connectivity index (χ0v) is 12.5. The van der Waals surface area contributed by atoms with E-state index in [0.29, 0.717) is 24.2 Å². The van der Waals surface area contributed by atoms with Gasteiger partial charge >= 0.3 is 0 Å². The Morgan fingerprint density at radius 3 is 2.75 bits per heavy atom. The molecule has 2 saturated carbocycles. The molecule has 0 aromatic carbocycles. The molecule has 2 fully saturated rings. The summed E-state index contributed by atoms with van der Waals surface area (Å²) in [5.74, 6) is 1.93. The van der Waals surface area contributed by atoms with Gasteiger partial charge in [-0.05, 0) is 51.4 Å². The highest BCUT2D eigenvalue weighted by molar-refractivity contribution is 5.11. The first-order valence-electron chi connectivity index (χ1n) is 7.85. The summed E-state index contributed by atoms with van der Waals surface area (Å²) in [5, 5.41) is 4.22. The largest absolute Gasteiger partial charge is 0.367 e. The maximum Gasteiger partial charge on any atom is 0.246 e. The highest BCUT2D eigenvalue weighted by Crippen LogP contribution is 2.43. The van der Waals surface area contributed by atoms with E-state index in [4.69, 9.17) is 15.0 Å². The van der Waals surface area contributed by atoms with Gasteiger partial charge in [-0.3, -0.25) is 0 Å². The van der Waals surface area contributed by atoms with Gasteiger partial charge in [0, 0.05) is 6.61 Å². The van der Waals surface area contributed by atoms with E-state index < -0.39 is 0 Å². The van der Waals surface area contributed by atoms with Crippen LogP contribution in [0.15, 0.2) is 4.52 Å². The van der Waals surface area contributed by atoms with Gasteiger partial charge in [0.15, 0.2) is 0 Å². The first-order valence-corrected chi connectivity index (χ1v) is 7.85. The normalized spacial score (nSPS) is 32.9. The molecule has 2 aliphatic carbocycles. The second kappa shape index (κ2) is 5.11. The second-order valence-electron chi connectivity index (χ2n) is 6.56. The summed E-state index contributed by atoms with van der Waals surface area (Å²) >= 11 is 0. The van der Waals surface area contributed by atoms with Crippen LogP contribution in [0.3, 0.4) is 0 Å². The molecule has 0 spiro atoms. The Bertz CT molecular complexity index is 465. The lowest BCUT2D eigenvalue weighted by Gasteiger charge is -2.37. The van der Waals surface area contributed by atoms with Gasteiger partial charge in [0.05, 0.1) is 5.54 Å².